The van der Waals surface area contributed by atoms with E-state index in [2.05, 4.69) is 44.2 Å². The summed E-state index contributed by atoms with van der Waals surface area (Å²) in [6.07, 6.45) is 34.6. The van der Waals surface area contributed by atoms with E-state index in [0.29, 0.717) is 19.3 Å². The molecule has 0 aliphatic carbocycles. The topological polar surface area (TPSA) is 231 Å². The number of aliphatic hydroxyl groups is 7. The first-order valence-corrected chi connectivity index (χ1v) is 29.6. The van der Waals surface area contributed by atoms with Gasteiger partial charge in [0, 0.05) is 12.8 Å². The molecule has 0 bridgehead atoms. The van der Waals surface area contributed by atoms with Crippen molar-refractivity contribution in [3.05, 3.63) is 36.5 Å². The van der Waals surface area contributed by atoms with E-state index < -0.39 is 99.3 Å². The quantitative estimate of drug-likeness (QED) is 0.0171. The summed E-state index contributed by atoms with van der Waals surface area (Å²) in [6, 6.07) is 0. The van der Waals surface area contributed by atoms with Gasteiger partial charge in [-0.15, -0.1) is 0 Å². The Kier molecular flexibility index (Phi) is 41.9. The van der Waals surface area contributed by atoms with Gasteiger partial charge in [-0.3, -0.25) is 9.59 Å². The molecule has 0 radical (unpaired) electrons. The van der Waals surface area contributed by atoms with Crippen molar-refractivity contribution in [2.24, 2.45) is 0 Å². The lowest BCUT2D eigenvalue weighted by atomic mass is 9.98. The Bertz CT molecular complexity index is 1430. The molecule has 432 valence electrons. The predicted molar refractivity (Wildman–Crippen MR) is 289 cm³/mol. The number of carbonyl (C=O) groups is 2. The van der Waals surface area contributed by atoms with Crippen LogP contribution in [0.25, 0.3) is 0 Å². The summed E-state index contributed by atoms with van der Waals surface area (Å²) in [5.41, 5.74) is 0. The first-order valence-electron chi connectivity index (χ1n) is 29.6. The highest BCUT2D eigenvalue weighted by Gasteiger charge is 2.47. The molecule has 0 aromatic heterocycles. The van der Waals surface area contributed by atoms with Crippen molar-refractivity contribution < 1.29 is 73.8 Å². The van der Waals surface area contributed by atoms with Crippen LogP contribution in [0, 0.1) is 0 Å². The number of carbonyl (C=O) groups excluding carboxylic acids is 2. The molecule has 2 rings (SSSR count). The molecule has 0 aromatic rings. The van der Waals surface area contributed by atoms with Crippen LogP contribution in [0.2, 0.25) is 0 Å². The molecule has 0 aromatic carbocycles. The Morgan fingerprint density at radius 3 is 1.31 bits per heavy atom. The van der Waals surface area contributed by atoms with Gasteiger partial charge >= 0.3 is 11.9 Å². The van der Waals surface area contributed by atoms with Gasteiger partial charge in [0.25, 0.3) is 0 Å². The highest BCUT2D eigenvalue weighted by molar-refractivity contribution is 5.70. The van der Waals surface area contributed by atoms with Crippen molar-refractivity contribution in [2.45, 2.75) is 300 Å². The van der Waals surface area contributed by atoms with Gasteiger partial charge in [-0.25, -0.2) is 0 Å². The SMILES string of the molecule is CCCCCCCC/C=C/C/C=C/C/C=C/CCCC(=O)O[C@@H](COC(=O)CCCCCCCCCCCCCCCCCCCCCCC)CO[C@@H]1O[C@H](CO[C@@H]2O[C@H](CO)[C@H](O)C(O)C2O)[C@H](O)C(O)C1O. The molecule has 15 nitrogen and oxygen atoms in total. The van der Waals surface area contributed by atoms with Gasteiger partial charge in [-0.2, -0.15) is 0 Å². The van der Waals surface area contributed by atoms with Crippen LogP contribution in [0.15, 0.2) is 36.5 Å². The minimum atomic E-state index is -1.77. The molecule has 2 heterocycles. The largest absolute Gasteiger partial charge is 0.462 e. The molecule has 2 aliphatic rings. The number of rotatable bonds is 47. The van der Waals surface area contributed by atoms with Crippen LogP contribution in [0.4, 0.5) is 0 Å². The Morgan fingerprint density at radius 2 is 0.824 bits per heavy atom. The normalized spacial score (nSPS) is 24.9. The van der Waals surface area contributed by atoms with Gasteiger partial charge in [0.05, 0.1) is 19.8 Å². The van der Waals surface area contributed by atoms with E-state index >= 15 is 0 Å². The van der Waals surface area contributed by atoms with Crippen molar-refractivity contribution >= 4 is 11.9 Å². The van der Waals surface area contributed by atoms with Gasteiger partial charge in [-0.1, -0.05) is 211 Å². The van der Waals surface area contributed by atoms with E-state index in [0.717, 1.165) is 38.5 Å². The van der Waals surface area contributed by atoms with E-state index in [1.807, 2.05) is 6.08 Å². The van der Waals surface area contributed by atoms with Crippen molar-refractivity contribution in [3.63, 3.8) is 0 Å². The molecule has 0 spiro atoms. The highest BCUT2D eigenvalue weighted by atomic mass is 16.7. The average Bonchev–Trinajstić information content (AvgIpc) is 3.39. The molecule has 0 saturated carbocycles. The van der Waals surface area contributed by atoms with E-state index in [1.54, 1.807) is 0 Å². The maximum absolute atomic E-state index is 13.0. The molecular formula is C59H106O15. The predicted octanol–water partition coefficient (Wildman–Crippen LogP) is 10.1. The summed E-state index contributed by atoms with van der Waals surface area (Å²) in [5.74, 6) is -0.975. The number of ether oxygens (including phenoxy) is 6. The van der Waals surface area contributed by atoms with Gasteiger partial charge in [-0.05, 0) is 44.9 Å². The molecule has 2 saturated heterocycles. The smallest absolute Gasteiger partial charge is 0.306 e. The Labute approximate surface area is 446 Å². The molecule has 7 N–H and O–H groups in total. The third-order valence-corrected chi connectivity index (χ3v) is 14.1. The summed E-state index contributed by atoms with van der Waals surface area (Å²) in [5, 5.41) is 72.3. The number of unbranched alkanes of at least 4 members (excludes halogenated alkanes) is 27. The number of aliphatic hydroxyl groups excluding tert-OH is 7. The summed E-state index contributed by atoms with van der Waals surface area (Å²) >= 11 is 0. The molecule has 2 fully saturated rings. The third-order valence-electron chi connectivity index (χ3n) is 14.1. The standard InChI is InChI=1S/C59H106O15/c1-3-5-7-9-11-13-15-17-19-21-22-23-24-26-27-29-31-33-35-37-39-41-50(61)69-44-47(72-51(62)42-40-38-36-34-32-30-28-25-20-18-16-14-12-10-8-6-4-2)45-70-58-57(68)55(66)53(64)49(74-58)46-71-59-56(67)54(65)52(63)48(43-60)73-59/h18,20,28,30,34,36,47-49,52-60,63-68H,3-17,19,21-27,29,31-33,35,37-46H2,1-2H3/b20-18+,30-28+,36-34+/t47-,48+,49+,52-,53-,54?,55?,56?,57?,58+,59+/m0/s1. The van der Waals surface area contributed by atoms with Crippen LogP contribution in [0.3, 0.4) is 0 Å². The van der Waals surface area contributed by atoms with Crippen molar-refractivity contribution in [3.8, 4) is 0 Å². The van der Waals surface area contributed by atoms with Crippen molar-refractivity contribution in [1.82, 2.24) is 0 Å². The first-order chi connectivity index (χ1) is 36.0. The maximum Gasteiger partial charge on any atom is 0.306 e. The first kappa shape index (κ1) is 67.8. The fourth-order valence-electron chi connectivity index (χ4n) is 9.29. The second-order valence-electron chi connectivity index (χ2n) is 20.8. The fourth-order valence-corrected chi connectivity index (χ4v) is 9.29. The lowest BCUT2D eigenvalue weighted by Gasteiger charge is -2.42. The Hall–Kier alpha value is -2.28. The maximum atomic E-state index is 13.0. The molecule has 2 aliphatic heterocycles. The lowest BCUT2D eigenvalue weighted by molar-refractivity contribution is -0.332. The van der Waals surface area contributed by atoms with Crippen LogP contribution in [0.1, 0.15) is 232 Å². The molecule has 15 heteroatoms. The van der Waals surface area contributed by atoms with Crippen LogP contribution in [0.5, 0.6) is 0 Å². The average molecular weight is 1060 g/mol. The summed E-state index contributed by atoms with van der Waals surface area (Å²) in [7, 11) is 0. The number of allylic oxidation sites excluding steroid dienone is 6. The lowest BCUT2D eigenvalue weighted by Crippen LogP contribution is -2.61. The minimum absolute atomic E-state index is 0.0955. The Balaban J connectivity index is 1.76. The van der Waals surface area contributed by atoms with Crippen LogP contribution in [-0.2, 0) is 38.0 Å². The monoisotopic (exact) mass is 1050 g/mol. The Morgan fingerprint density at radius 1 is 0.432 bits per heavy atom. The molecule has 4 unspecified atom stereocenters. The van der Waals surface area contributed by atoms with Gasteiger partial charge in [0.15, 0.2) is 18.7 Å². The summed E-state index contributed by atoms with van der Waals surface area (Å²) < 4.78 is 33.6. The zero-order chi connectivity index (χ0) is 53.9. The number of hydrogen-bond acceptors (Lipinski definition) is 15. The summed E-state index contributed by atoms with van der Waals surface area (Å²) in [6.45, 7) is 2.57. The van der Waals surface area contributed by atoms with Crippen LogP contribution >= 0.6 is 0 Å². The highest BCUT2D eigenvalue weighted by Crippen LogP contribution is 2.27. The molecule has 74 heavy (non-hydrogen) atoms. The van der Waals surface area contributed by atoms with E-state index in [-0.39, 0.29) is 19.4 Å². The second kappa shape index (κ2) is 45.7. The van der Waals surface area contributed by atoms with E-state index in [4.69, 9.17) is 28.4 Å². The van der Waals surface area contributed by atoms with Gasteiger partial charge in [0.2, 0.25) is 0 Å². The zero-order valence-corrected chi connectivity index (χ0v) is 46.1. The van der Waals surface area contributed by atoms with E-state index in [9.17, 15) is 45.3 Å². The van der Waals surface area contributed by atoms with Crippen molar-refractivity contribution in [2.75, 3.05) is 26.4 Å². The van der Waals surface area contributed by atoms with Gasteiger partial charge < -0.3 is 64.2 Å². The van der Waals surface area contributed by atoms with Gasteiger partial charge in [0.1, 0.15) is 55.4 Å². The zero-order valence-electron chi connectivity index (χ0n) is 46.1. The van der Waals surface area contributed by atoms with E-state index in [1.165, 1.54) is 148 Å². The molecular weight excluding hydrogens is 949 g/mol. The molecule has 0 amide bonds. The minimum Gasteiger partial charge on any atom is -0.462 e. The molecule has 11 atom stereocenters. The summed E-state index contributed by atoms with van der Waals surface area (Å²) in [4.78, 5) is 25.9. The number of hydrogen-bond donors (Lipinski definition) is 7. The number of esters is 2. The van der Waals surface area contributed by atoms with Crippen LogP contribution in [-0.4, -0.2) is 142 Å². The fraction of sp³-hybridized carbons (Fsp3) is 0.864. The van der Waals surface area contributed by atoms with Crippen LogP contribution < -0.4 is 0 Å². The van der Waals surface area contributed by atoms with Crippen molar-refractivity contribution in [1.29, 1.82) is 0 Å². The second-order valence-corrected chi connectivity index (χ2v) is 20.8. The third kappa shape index (κ3) is 32.5.